The Morgan fingerprint density at radius 3 is 2.62 bits per heavy atom. The molecule has 0 radical (unpaired) electrons. The summed E-state index contributed by atoms with van der Waals surface area (Å²) in [5, 5.41) is 12.8. The number of benzene rings is 1. The highest BCUT2D eigenvalue weighted by Gasteiger charge is 2.15. The molecule has 3 aromatic heterocycles. The van der Waals surface area contributed by atoms with Crippen molar-refractivity contribution in [1.29, 1.82) is 0 Å². The van der Waals surface area contributed by atoms with Gasteiger partial charge < -0.3 is 14.0 Å². The first-order valence-corrected chi connectivity index (χ1v) is 12.3. The molecule has 3 heterocycles. The summed E-state index contributed by atoms with van der Waals surface area (Å²) in [7, 11) is 1.65. The summed E-state index contributed by atoms with van der Waals surface area (Å²) < 4.78 is 13.3. The Hall–Kier alpha value is -2.91. The van der Waals surface area contributed by atoms with Gasteiger partial charge in [-0.1, -0.05) is 18.7 Å². The van der Waals surface area contributed by atoms with Crippen molar-refractivity contribution >= 4 is 23.1 Å². The number of ether oxygens (including phenoxy) is 2. The van der Waals surface area contributed by atoms with Crippen LogP contribution in [-0.4, -0.2) is 38.4 Å². The molecule has 4 rings (SSSR count). The lowest BCUT2D eigenvalue weighted by Gasteiger charge is -2.10. The van der Waals surface area contributed by atoms with Gasteiger partial charge in [-0.3, -0.25) is 4.98 Å². The van der Waals surface area contributed by atoms with Crippen LogP contribution in [0.1, 0.15) is 26.0 Å². The first-order valence-electron chi connectivity index (χ1n) is 10.5. The predicted octanol–water partition coefficient (Wildman–Crippen LogP) is 5.57. The molecule has 0 saturated carbocycles. The number of pyridine rings is 1. The van der Waals surface area contributed by atoms with Crippen molar-refractivity contribution in [2.24, 2.45) is 0 Å². The number of rotatable bonds is 10. The van der Waals surface area contributed by atoms with Gasteiger partial charge in [0.05, 0.1) is 19.4 Å². The number of hydrogen-bond donors (Lipinski definition) is 0. The van der Waals surface area contributed by atoms with Crippen molar-refractivity contribution < 1.29 is 9.47 Å². The molecule has 0 aliphatic carbocycles. The van der Waals surface area contributed by atoms with E-state index in [0.717, 1.165) is 57.3 Å². The fourth-order valence-corrected chi connectivity index (χ4v) is 5.03. The van der Waals surface area contributed by atoms with E-state index in [4.69, 9.17) is 14.5 Å². The van der Waals surface area contributed by atoms with Gasteiger partial charge in [-0.05, 0) is 43.7 Å². The fourth-order valence-electron chi connectivity index (χ4n) is 3.25. The van der Waals surface area contributed by atoms with Crippen LogP contribution >= 0.6 is 23.1 Å². The molecule has 9 heteroatoms. The normalized spacial score (nSPS) is 11.0. The minimum absolute atomic E-state index is 0.597. The summed E-state index contributed by atoms with van der Waals surface area (Å²) >= 11 is 3.28. The van der Waals surface area contributed by atoms with Gasteiger partial charge in [-0.2, -0.15) is 0 Å². The van der Waals surface area contributed by atoms with E-state index >= 15 is 0 Å². The summed E-state index contributed by atoms with van der Waals surface area (Å²) in [5.74, 6) is 3.05. The van der Waals surface area contributed by atoms with Crippen LogP contribution in [0.4, 0.5) is 0 Å². The third-order valence-electron chi connectivity index (χ3n) is 4.71. The molecule has 0 spiro atoms. The molecule has 0 N–H and O–H groups in total. The lowest BCUT2D eigenvalue weighted by atomic mass is 10.2. The average molecular weight is 468 g/mol. The molecule has 0 aliphatic rings. The number of aromatic nitrogens is 5. The van der Waals surface area contributed by atoms with E-state index in [9.17, 15) is 0 Å². The van der Waals surface area contributed by atoms with E-state index in [1.807, 2.05) is 37.3 Å². The Morgan fingerprint density at radius 2 is 1.88 bits per heavy atom. The molecule has 32 heavy (non-hydrogen) atoms. The largest absolute Gasteiger partial charge is 0.493 e. The summed E-state index contributed by atoms with van der Waals surface area (Å²) in [5.41, 5.74) is 3.05. The second-order valence-corrected chi connectivity index (χ2v) is 8.73. The van der Waals surface area contributed by atoms with Crippen LogP contribution in [0.3, 0.4) is 0 Å². The molecular weight excluding hydrogens is 442 g/mol. The summed E-state index contributed by atoms with van der Waals surface area (Å²) in [4.78, 5) is 8.92. The lowest BCUT2D eigenvalue weighted by Crippen LogP contribution is -2.02. The smallest absolute Gasteiger partial charge is 0.191 e. The Bertz CT molecular complexity index is 1160. The first kappa shape index (κ1) is 22.3. The van der Waals surface area contributed by atoms with Gasteiger partial charge >= 0.3 is 0 Å². The highest BCUT2D eigenvalue weighted by Crippen LogP contribution is 2.35. The van der Waals surface area contributed by atoms with Gasteiger partial charge in [-0.15, -0.1) is 21.5 Å². The van der Waals surface area contributed by atoms with E-state index in [1.54, 1.807) is 42.6 Å². The van der Waals surface area contributed by atoms with Crippen LogP contribution in [-0.2, 0) is 12.3 Å². The minimum Gasteiger partial charge on any atom is -0.493 e. The summed E-state index contributed by atoms with van der Waals surface area (Å²) in [6.07, 6.45) is 4.56. The van der Waals surface area contributed by atoms with Crippen LogP contribution in [0.15, 0.2) is 53.3 Å². The Balaban J connectivity index is 1.50. The zero-order chi connectivity index (χ0) is 22.3. The molecular formula is C23H25N5O2S2. The maximum Gasteiger partial charge on any atom is 0.191 e. The highest BCUT2D eigenvalue weighted by molar-refractivity contribution is 7.98. The van der Waals surface area contributed by atoms with Crippen molar-refractivity contribution in [1.82, 2.24) is 24.7 Å². The van der Waals surface area contributed by atoms with Gasteiger partial charge in [0.15, 0.2) is 22.5 Å². The minimum atomic E-state index is 0.597. The number of nitrogens with zero attached hydrogens (tertiary/aromatic N) is 5. The Morgan fingerprint density at radius 1 is 1.03 bits per heavy atom. The molecule has 0 aliphatic heterocycles. The molecule has 1 aromatic carbocycles. The van der Waals surface area contributed by atoms with Crippen molar-refractivity contribution in [3.8, 4) is 33.5 Å². The topological polar surface area (TPSA) is 75.0 Å². The van der Waals surface area contributed by atoms with Crippen molar-refractivity contribution in [3.63, 3.8) is 0 Å². The standard InChI is InChI=1S/C23H25N5O2S2/c1-4-12-28-21(16-8-10-24-11-9-16)26-27-23(28)32-15-18-14-31-22(25-18)17-6-7-19(30-5-2)20(13-17)29-3/h6-11,13-14H,4-5,12,15H2,1-3H3. The van der Waals surface area contributed by atoms with Crippen LogP contribution in [0.25, 0.3) is 22.0 Å². The molecule has 0 amide bonds. The maximum absolute atomic E-state index is 5.61. The highest BCUT2D eigenvalue weighted by atomic mass is 32.2. The monoisotopic (exact) mass is 467 g/mol. The zero-order valence-corrected chi connectivity index (χ0v) is 19.9. The molecule has 166 valence electrons. The molecule has 4 aromatic rings. The zero-order valence-electron chi connectivity index (χ0n) is 18.3. The molecule has 0 saturated heterocycles. The quantitative estimate of drug-likeness (QED) is 0.282. The fraction of sp³-hybridized carbons (Fsp3) is 0.304. The SMILES string of the molecule is CCCn1c(SCc2csc(-c3ccc(OCC)c(OC)c3)n2)nnc1-c1ccncc1. The average Bonchev–Trinajstić information content (AvgIpc) is 3.46. The lowest BCUT2D eigenvalue weighted by molar-refractivity contribution is 0.311. The third-order valence-corrected chi connectivity index (χ3v) is 6.65. The predicted molar refractivity (Wildman–Crippen MR) is 128 cm³/mol. The van der Waals surface area contributed by atoms with Gasteiger partial charge in [0, 0.05) is 41.2 Å². The molecule has 0 fully saturated rings. The van der Waals surface area contributed by atoms with E-state index in [-0.39, 0.29) is 0 Å². The van der Waals surface area contributed by atoms with Crippen LogP contribution in [0, 0.1) is 0 Å². The molecule has 0 unspecified atom stereocenters. The van der Waals surface area contributed by atoms with Gasteiger partial charge in [0.2, 0.25) is 0 Å². The van der Waals surface area contributed by atoms with E-state index in [0.29, 0.717) is 12.4 Å². The summed E-state index contributed by atoms with van der Waals surface area (Å²) in [6, 6.07) is 9.84. The molecule has 0 bridgehead atoms. The number of thiazole rings is 1. The van der Waals surface area contributed by atoms with Gasteiger partial charge in [0.25, 0.3) is 0 Å². The van der Waals surface area contributed by atoms with E-state index < -0.39 is 0 Å². The van der Waals surface area contributed by atoms with Crippen LogP contribution in [0.5, 0.6) is 11.5 Å². The van der Waals surface area contributed by atoms with Crippen molar-refractivity contribution in [2.75, 3.05) is 13.7 Å². The Kier molecular flexibility index (Phi) is 7.39. The number of methoxy groups -OCH3 is 1. The summed E-state index contributed by atoms with van der Waals surface area (Å²) in [6.45, 7) is 5.57. The van der Waals surface area contributed by atoms with Crippen LogP contribution in [0.2, 0.25) is 0 Å². The molecule has 7 nitrogen and oxygen atoms in total. The number of hydrogen-bond acceptors (Lipinski definition) is 8. The second-order valence-electron chi connectivity index (χ2n) is 6.93. The second kappa shape index (κ2) is 10.6. The van der Waals surface area contributed by atoms with Crippen molar-refractivity contribution in [3.05, 3.63) is 53.8 Å². The van der Waals surface area contributed by atoms with E-state index in [1.165, 1.54) is 0 Å². The van der Waals surface area contributed by atoms with Gasteiger partial charge in [0.1, 0.15) is 5.01 Å². The maximum atomic E-state index is 5.61. The van der Waals surface area contributed by atoms with Gasteiger partial charge in [-0.25, -0.2) is 4.98 Å². The molecule has 0 atom stereocenters. The van der Waals surface area contributed by atoms with Crippen LogP contribution < -0.4 is 9.47 Å². The van der Waals surface area contributed by atoms with E-state index in [2.05, 4.69) is 32.1 Å². The third kappa shape index (κ3) is 4.94. The Labute approximate surface area is 195 Å². The number of thioether (sulfide) groups is 1. The first-order chi connectivity index (χ1) is 15.7. The van der Waals surface area contributed by atoms with Crippen molar-refractivity contribution in [2.45, 2.75) is 37.7 Å².